The molecule has 2 aromatic carbocycles. The molecule has 3 amide bonds. The van der Waals surface area contributed by atoms with Crippen molar-refractivity contribution in [3.63, 3.8) is 0 Å². The van der Waals surface area contributed by atoms with E-state index in [9.17, 15) is 22.8 Å². The molecular weight excluding hydrogens is 468 g/mol. The van der Waals surface area contributed by atoms with E-state index in [1.165, 1.54) is 7.05 Å². The summed E-state index contributed by atoms with van der Waals surface area (Å²) in [5.41, 5.74) is -4.81. The number of pyridine rings is 1. The van der Waals surface area contributed by atoms with Crippen molar-refractivity contribution >= 4 is 34.9 Å². The Bertz CT molecular complexity index is 1630. The lowest BCUT2D eigenvalue weighted by Crippen LogP contribution is -2.20. The molecule has 0 radical (unpaired) electrons. The molecule has 12 heteroatoms. The number of hydrogen-bond acceptors (Lipinski definition) is 4. The Morgan fingerprint density at radius 1 is 1.06 bits per heavy atom. The van der Waals surface area contributed by atoms with Crippen LogP contribution in [0.2, 0.25) is 5.02 Å². The van der Waals surface area contributed by atoms with Crippen LogP contribution in [0, 0.1) is 5.82 Å². The van der Waals surface area contributed by atoms with Gasteiger partial charge in [0.2, 0.25) is 0 Å². The van der Waals surface area contributed by atoms with Crippen molar-refractivity contribution < 1.29 is 44.2 Å². The van der Waals surface area contributed by atoms with E-state index in [0.717, 1.165) is 0 Å². The molecule has 1 heterocycles. The van der Waals surface area contributed by atoms with Gasteiger partial charge in [-0.25, -0.2) is 9.18 Å². The SMILES string of the molecule is [2H]c1nc(C(=O)NC)c([2H])c(Oc2c([2H])c([2H])c(NC(=O)Nc3c([2H])c([2H])c(Cl)c(C(F)(F)F)c3[2H])c(F)c2[2H])c1[2H]. The zero-order chi connectivity index (χ0) is 32.0. The Kier molecular flexibility index (Phi) is 4.23. The van der Waals surface area contributed by atoms with E-state index in [2.05, 4.69) is 10.3 Å². The van der Waals surface area contributed by atoms with Gasteiger partial charge in [-0.05, 0) is 36.3 Å². The van der Waals surface area contributed by atoms with E-state index >= 15 is 4.39 Å². The third-order valence-corrected chi connectivity index (χ3v) is 3.77. The minimum atomic E-state index is -5.25. The van der Waals surface area contributed by atoms with Crippen LogP contribution in [-0.4, -0.2) is 24.0 Å². The van der Waals surface area contributed by atoms with Crippen LogP contribution < -0.4 is 20.7 Å². The van der Waals surface area contributed by atoms with Gasteiger partial charge in [0.1, 0.15) is 23.0 Å². The zero-order valence-electron chi connectivity index (χ0n) is 25.1. The third-order valence-electron chi connectivity index (χ3n) is 3.49. The van der Waals surface area contributed by atoms with Crippen LogP contribution in [0.4, 0.5) is 33.7 Å². The van der Waals surface area contributed by atoms with Crippen molar-refractivity contribution in [1.82, 2.24) is 10.3 Å². The Morgan fingerprint density at radius 2 is 1.79 bits per heavy atom. The maximum absolute atomic E-state index is 15.2. The average Bonchev–Trinajstić information content (AvgIpc) is 2.91. The largest absolute Gasteiger partial charge is 0.457 e. The van der Waals surface area contributed by atoms with E-state index in [0.29, 0.717) is 0 Å². The van der Waals surface area contributed by atoms with Crippen LogP contribution in [0.25, 0.3) is 0 Å². The number of alkyl halides is 3. The highest BCUT2D eigenvalue weighted by Crippen LogP contribution is 2.36. The molecule has 0 aliphatic rings. The molecule has 0 bridgehead atoms. The Labute approximate surface area is 202 Å². The molecular formula is C21H15ClF4N4O3. The minimum Gasteiger partial charge on any atom is -0.457 e. The van der Waals surface area contributed by atoms with E-state index in [1.54, 1.807) is 10.6 Å². The highest BCUT2D eigenvalue weighted by molar-refractivity contribution is 6.31. The molecule has 0 saturated heterocycles. The van der Waals surface area contributed by atoms with Gasteiger partial charge in [0.05, 0.1) is 28.6 Å². The summed E-state index contributed by atoms with van der Waals surface area (Å²) in [5.74, 6) is -4.63. The van der Waals surface area contributed by atoms with Crippen molar-refractivity contribution in [2.45, 2.75) is 6.18 Å². The van der Waals surface area contributed by atoms with Crippen molar-refractivity contribution in [1.29, 1.82) is 0 Å². The molecule has 0 unspecified atom stereocenters. The summed E-state index contributed by atoms with van der Waals surface area (Å²) in [6.07, 6.45) is -6.11. The summed E-state index contributed by atoms with van der Waals surface area (Å²) in [7, 11) is 1.18. The number of rotatable bonds is 5. The molecule has 0 fully saturated rings. The number of anilines is 2. The predicted molar refractivity (Wildman–Crippen MR) is 113 cm³/mol. The lowest BCUT2D eigenvalue weighted by molar-refractivity contribution is -0.137. The fraction of sp³-hybridized carbons (Fsp3) is 0.0952. The number of nitrogens with zero attached hydrogens (tertiary/aromatic N) is 1. The van der Waals surface area contributed by atoms with Crippen LogP contribution in [0.1, 0.15) is 28.4 Å². The number of nitrogens with one attached hydrogen (secondary N) is 3. The fourth-order valence-electron chi connectivity index (χ4n) is 2.09. The zero-order valence-corrected chi connectivity index (χ0v) is 16.8. The van der Waals surface area contributed by atoms with Gasteiger partial charge in [-0.15, -0.1) is 0 Å². The molecule has 0 aliphatic heterocycles. The standard InChI is InChI=1S/C21H15ClF4N4O3/c1-27-19(31)18-10-13(6-7-28-18)33-12-3-5-17(16(23)9-12)30-20(32)29-11-2-4-15(22)14(8-11)21(24,25)26/h2-10H,1H3,(H,27,31)(H2,29,30,32)/i2D,3D,4D,5D,6D,7D,8D,9D,10D. The van der Waals surface area contributed by atoms with Gasteiger partial charge < -0.3 is 20.7 Å². The second kappa shape index (κ2) is 9.74. The van der Waals surface area contributed by atoms with Crippen molar-refractivity contribution in [3.8, 4) is 11.5 Å². The fourth-order valence-corrected chi connectivity index (χ4v) is 2.29. The lowest BCUT2D eigenvalue weighted by atomic mass is 10.2. The van der Waals surface area contributed by atoms with Gasteiger partial charge in [-0.2, -0.15) is 13.2 Å². The molecule has 0 saturated carbocycles. The lowest BCUT2D eigenvalue weighted by Gasteiger charge is -2.13. The van der Waals surface area contributed by atoms with E-state index in [4.69, 9.17) is 28.7 Å². The number of carbonyl (C=O) groups is 2. The number of aromatic nitrogens is 1. The Balaban J connectivity index is 2.04. The first-order valence-electron chi connectivity index (χ1n) is 13.0. The number of urea groups is 1. The van der Waals surface area contributed by atoms with Crippen molar-refractivity contribution in [2.75, 3.05) is 17.7 Å². The number of benzene rings is 2. The van der Waals surface area contributed by atoms with Crippen molar-refractivity contribution in [2.24, 2.45) is 0 Å². The second-order valence-corrected chi connectivity index (χ2v) is 6.12. The van der Waals surface area contributed by atoms with E-state index in [1.807, 2.05) is 0 Å². The van der Waals surface area contributed by atoms with E-state index in [-0.39, 0.29) is 0 Å². The first-order valence-corrected chi connectivity index (χ1v) is 8.84. The van der Waals surface area contributed by atoms with Gasteiger partial charge in [0, 0.05) is 31.0 Å². The van der Waals surface area contributed by atoms with Crippen LogP contribution in [0.3, 0.4) is 0 Å². The molecule has 3 N–H and O–H groups in total. The molecule has 3 aromatic rings. The van der Waals surface area contributed by atoms with Crippen LogP contribution in [0.5, 0.6) is 11.5 Å². The second-order valence-electron chi connectivity index (χ2n) is 5.74. The number of carbonyl (C=O) groups excluding carboxylic acids is 2. The predicted octanol–water partition coefficient (Wildman–Crippen LogP) is 5.69. The minimum absolute atomic E-state index is 0.678. The maximum Gasteiger partial charge on any atom is 0.417 e. The molecule has 1 aromatic heterocycles. The number of ether oxygens (including phenoxy) is 1. The van der Waals surface area contributed by atoms with Gasteiger partial charge in [-0.1, -0.05) is 11.6 Å². The molecule has 0 atom stereocenters. The maximum atomic E-state index is 15.2. The van der Waals surface area contributed by atoms with Crippen LogP contribution in [-0.2, 0) is 6.18 Å². The smallest absolute Gasteiger partial charge is 0.417 e. The number of amides is 3. The van der Waals surface area contributed by atoms with Gasteiger partial charge >= 0.3 is 12.2 Å². The molecule has 7 nitrogen and oxygen atoms in total. The molecule has 0 spiro atoms. The monoisotopic (exact) mass is 491 g/mol. The summed E-state index contributed by atoms with van der Waals surface area (Å²) in [5, 5.41) is 4.24. The highest BCUT2D eigenvalue weighted by Gasteiger charge is 2.33. The van der Waals surface area contributed by atoms with Crippen LogP contribution >= 0.6 is 11.6 Å². The summed E-state index contributed by atoms with van der Waals surface area (Å²) >= 11 is 5.47. The average molecular weight is 492 g/mol. The summed E-state index contributed by atoms with van der Waals surface area (Å²) in [4.78, 5) is 28.0. The normalized spacial score (nSPS) is 14.8. The first-order chi connectivity index (χ1) is 19.3. The summed E-state index contributed by atoms with van der Waals surface area (Å²) in [6.45, 7) is 0. The van der Waals surface area contributed by atoms with Gasteiger partial charge in [-0.3, -0.25) is 9.78 Å². The Hall–Kier alpha value is -3.86. The molecule has 172 valence electrons. The first kappa shape index (κ1) is 14.3. The van der Waals surface area contributed by atoms with Gasteiger partial charge in [0.25, 0.3) is 5.91 Å². The van der Waals surface area contributed by atoms with Gasteiger partial charge in [0.15, 0.2) is 0 Å². The summed E-state index contributed by atoms with van der Waals surface area (Å²) < 4.78 is 131. The highest BCUT2D eigenvalue weighted by atomic mass is 35.5. The third kappa shape index (κ3) is 6.10. The Morgan fingerprint density at radius 3 is 2.48 bits per heavy atom. The summed E-state index contributed by atoms with van der Waals surface area (Å²) in [6, 6.07) is -10.7. The topological polar surface area (TPSA) is 92.3 Å². The van der Waals surface area contributed by atoms with E-state index < -0.39 is 118 Å². The molecule has 0 aliphatic carbocycles. The molecule has 33 heavy (non-hydrogen) atoms. The quantitative estimate of drug-likeness (QED) is 0.400. The van der Waals surface area contributed by atoms with Crippen LogP contribution in [0.15, 0.2) is 54.5 Å². The molecule has 3 rings (SSSR count). The number of hydrogen-bond donors (Lipinski definition) is 3. The van der Waals surface area contributed by atoms with Crippen molar-refractivity contribution in [3.05, 3.63) is 76.6 Å². The number of halogens is 5.